The van der Waals surface area contributed by atoms with Crippen LogP contribution < -0.4 is 5.32 Å². The smallest absolute Gasteiger partial charge is 0.217 e. The fourth-order valence-electron chi connectivity index (χ4n) is 1.51. The van der Waals surface area contributed by atoms with Gasteiger partial charge in [0.05, 0.1) is 6.61 Å². The van der Waals surface area contributed by atoms with Crippen LogP contribution in [0.3, 0.4) is 0 Å². The van der Waals surface area contributed by atoms with Crippen molar-refractivity contribution in [2.45, 2.75) is 25.7 Å². The Bertz CT molecular complexity index is 373. The van der Waals surface area contributed by atoms with E-state index in [0.717, 1.165) is 0 Å². The van der Waals surface area contributed by atoms with Crippen molar-refractivity contribution in [2.75, 3.05) is 18.5 Å². The molecule has 1 N–H and O–H groups in total. The van der Waals surface area contributed by atoms with Gasteiger partial charge in [0.2, 0.25) is 5.95 Å². The van der Waals surface area contributed by atoms with E-state index in [1.165, 1.54) is 12.4 Å². The van der Waals surface area contributed by atoms with Gasteiger partial charge < -0.3 is 14.8 Å². The van der Waals surface area contributed by atoms with Gasteiger partial charge in [0, 0.05) is 12.6 Å². The number of aromatic nitrogens is 2. The number of nitrogens with one attached hydrogen (secondary N) is 1. The summed E-state index contributed by atoms with van der Waals surface area (Å²) in [6.07, 6.45) is 1.13. The molecule has 1 aliphatic rings. The number of nitrogens with zero attached hydrogens (tertiary/aromatic N) is 2. The lowest BCUT2D eigenvalue weighted by Crippen LogP contribution is -2.26. The lowest BCUT2D eigenvalue weighted by Gasteiger charge is -2.17. The topological polar surface area (TPSA) is 56.3 Å². The highest BCUT2D eigenvalue weighted by molar-refractivity contribution is 5.32. The highest BCUT2D eigenvalue weighted by Crippen LogP contribution is 2.22. The summed E-state index contributed by atoms with van der Waals surface area (Å²) < 4.78 is 23.7. The van der Waals surface area contributed by atoms with Crippen molar-refractivity contribution < 1.29 is 13.9 Å². The molecule has 0 saturated carbocycles. The number of halogens is 1. The quantitative estimate of drug-likeness (QED) is 0.786. The Morgan fingerprint density at radius 1 is 1.56 bits per heavy atom. The van der Waals surface area contributed by atoms with E-state index in [-0.39, 0.29) is 6.10 Å². The monoisotopic (exact) mass is 227 g/mol. The molecule has 16 heavy (non-hydrogen) atoms. The van der Waals surface area contributed by atoms with Crippen LogP contribution in [0.1, 0.15) is 13.8 Å². The van der Waals surface area contributed by atoms with E-state index in [0.29, 0.717) is 19.0 Å². The molecule has 0 spiro atoms. The number of ether oxygens (including phenoxy) is 2. The number of hydrogen-bond acceptors (Lipinski definition) is 5. The highest BCUT2D eigenvalue weighted by atomic mass is 19.1. The van der Waals surface area contributed by atoms with Crippen molar-refractivity contribution in [3.63, 3.8) is 0 Å². The van der Waals surface area contributed by atoms with Gasteiger partial charge in [0.25, 0.3) is 0 Å². The van der Waals surface area contributed by atoms with E-state index in [1.54, 1.807) is 0 Å². The molecule has 0 amide bonds. The first-order valence-corrected chi connectivity index (χ1v) is 5.08. The molecule has 2 heterocycles. The van der Waals surface area contributed by atoms with Gasteiger partial charge in [-0.2, -0.15) is 4.39 Å². The molecule has 6 heteroatoms. The van der Waals surface area contributed by atoms with Crippen molar-refractivity contribution in [1.82, 2.24) is 9.97 Å². The van der Waals surface area contributed by atoms with E-state index in [9.17, 15) is 4.39 Å². The summed E-state index contributed by atoms with van der Waals surface area (Å²) in [4.78, 5) is 7.25. The van der Waals surface area contributed by atoms with Crippen molar-refractivity contribution >= 4 is 5.82 Å². The third kappa shape index (κ3) is 2.86. The zero-order valence-corrected chi connectivity index (χ0v) is 9.24. The van der Waals surface area contributed by atoms with Gasteiger partial charge in [-0.05, 0) is 13.8 Å². The minimum atomic E-state index is -0.554. The van der Waals surface area contributed by atoms with E-state index in [1.807, 2.05) is 13.8 Å². The molecule has 1 atom stereocenters. The number of hydrogen-bond donors (Lipinski definition) is 1. The summed E-state index contributed by atoms with van der Waals surface area (Å²) in [5, 5.41) is 2.97. The minimum absolute atomic E-state index is 0.0481. The Kier molecular flexibility index (Phi) is 3.02. The molecule has 0 bridgehead atoms. The molecule has 2 rings (SSSR count). The Hall–Kier alpha value is -1.27. The number of anilines is 1. The van der Waals surface area contributed by atoms with Gasteiger partial charge in [0.1, 0.15) is 18.2 Å². The van der Waals surface area contributed by atoms with Crippen LogP contribution in [0.4, 0.5) is 10.2 Å². The zero-order valence-electron chi connectivity index (χ0n) is 9.24. The Balaban J connectivity index is 1.84. The van der Waals surface area contributed by atoms with Crippen LogP contribution in [0.15, 0.2) is 12.4 Å². The molecule has 1 aliphatic heterocycles. The molecule has 0 aliphatic carbocycles. The summed E-state index contributed by atoms with van der Waals surface area (Å²) in [6, 6.07) is 1.24. The van der Waals surface area contributed by atoms with Gasteiger partial charge in [-0.3, -0.25) is 0 Å². The first kappa shape index (κ1) is 11.2. The van der Waals surface area contributed by atoms with Crippen molar-refractivity contribution in [1.29, 1.82) is 0 Å². The molecule has 1 unspecified atom stereocenters. The summed E-state index contributed by atoms with van der Waals surface area (Å²) in [5.41, 5.74) is 0. The average molecular weight is 227 g/mol. The Morgan fingerprint density at radius 3 is 3.00 bits per heavy atom. The van der Waals surface area contributed by atoms with E-state index in [2.05, 4.69) is 15.3 Å². The van der Waals surface area contributed by atoms with E-state index >= 15 is 0 Å². The number of rotatable bonds is 3. The maximum atomic E-state index is 12.7. The Labute approximate surface area is 93.0 Å². The maximum absolute atomic E-state index is 12.7. The zero-order chi connectivity index (χ0) is 11.6. The van der Waals surface area contributed by atoms with Crippen LogP contribution in [0, 0.1) is 5.95 Å². The SMILES string of the molecule is CC1(C)OCC(CNc2cc(F)ncn2)O1. The fraction of sp³-hybridized carbons (Fsp3) is 0.600. The molecule has 0 aromatic carbocycles. The molecule has 1 aromatic rings. The predicted octanol–water partition coefficient (Wildman–Crippen LogP) is 1.18. The molecule has 88 valence electrons. The first-order valence-electron chi connectivity index (χ1n) is 5.08. The maximum Gasteiger partial charge on any atom is 0.217 e. The molecule has 0 radical (unpaired) electrons. The molecular weight excluding hydrogens is 213 g/mol. The molecular formula is C10H14FN3O2. The van der Waals surface area contributed by atoms with Crippen LogP contribution in [0.5, 0.6) is 0 Å². The van der Waals surface area contributed by atoms with Crippen LogP contribution in [0.2, 0.25) is 0 Å². The van der Waals surface area contributed by atoms with Crippen molar-refractivity contribution in [3.05, 3.63) is 18.3 Å². The predicted molar refractivity (Wildman–Crippen MR) is 55.4 cm³/mol. The first-order chi connectivity index (χ1) is 7.55. The van der Waals surface area contributed by atoms with Gasteiger partial charge >= 0.3 is 0 Å². The second-order valence-electron chi connectivity index (χ2n) is 4.06. The summed E-state index contributed by atoms with van der Waals surface area (Å²) >= 11 is 0. The van der Waals surface area contributed by atoms with Gasteiger partial charge in [-0.15, -0.1) is 0 Å². The van der Waals surface area contributed by atoms with Crippen LogP contribution >= 0.6 is 0 Å². The van der Waals surface area contributed by atoms with Crippen LogP contribution in [0.25, 0.3) is 0 Å². The average Bonchev–Trinajstić information content (AvgIpc) is 2.56. The van der Waals surface area contributed by atoms with Crippen LogP contribution in [-0.2, 0) is 9.47 Å². The largest absolute Gasteiger partial charge is 0.367 e. The Morgan fingerprint density at radius 2 is 2.38 bits per heavy atom. The second kappa shape index (κ2) is 4.31. The third-order valence-corrected chi connectivity index (χ3v) is 2.21. The molecule has 5 nitrogen and oxygen atoms in total. The lowest BCUT2D eigenvalue weighted by atomic mass is 10.3. The van der Waals surface area contributed by atoms with E-state index in [4.69, 9.17) is 9.47 Å². The fourth-order valence-corrected chi connectivity index (χ4v) is 1.51. The standard InChI is InChI=1S/C10H14FN3O2/c1-10(2)15-5-7(16-10)4-12-9-3-8(11)13-6-14-9/h3,6-7H,4-5H2,1-2H3,(H,12,13,14). The van der Waals surface area contributed by atoms with Gasteiger partial charge in [-0.1, -0.05) is 0 Å². The van der Waals surface area contributed by atoms with Gasteiger partial charge in [0.15, 0.2) is 5.79 Å². The minimum Gasteiger partial charge on any atom is -0.367 e. The second-order valence-corrected chi connectivity index (χ2v) is 4.06. The lowest BCUT2D eigenvalue weighted by molar-refractivity contribution is -0.136. The normalized spacial score (nSPS) is 23.3. The van der Waals surface area contributed by atoms with Crippen molar-refractivity contribution in [2.24, 2.45) is 0 Å². The summed E-state index contributed by atoms with van der Waals surface area (Å²) in [5.74, 6) is -0.647. The van der Waals surface area contributed by atoms with E-state index < -0.39 is 11.7 Å². The third-order valence-electron chi connectivity index (χ3n) is 2.21. The molecule has 1 aromatic heterocycles. The molecule has 1 fully saturated rings. The van der Waals surface area contributed by atoms with Gasteiger partial charge in [-0.25, -0.2) is 9.97 Å². The molecule has 1 saturated heterocycles. The van der Waals surface area contributed by atoms with Crippen LogP contribution in [-0.4, -0.2) is 35.0 Å². The summed E-state index contributed by atoms with van der Waals surface area (Å²) in [6.45, 7) is 4.77. The van der Waals surface area contributed by atoms with Crippen molar-refractivity contribution in [3.8, 4) is 0 Å². The highest BCUT2D eigenvalue weighted by Gasteiger charge is 2.32. The summed E-state index contributed by atoms with van der Waals surface area (Å²) in [7, 11) is 0.